The third-order valence-corrected chi connectivity index (χ3v) is 5.53. The lowest BCUT2D eigenvalue weighted by molar-refractivity contribution is 0.0852. The fourth-order valence-corrected chi connectivity index (χ4v) is 4.05. The predicted molar refractivity (Wildman–Crippen MR) is 97.0 cm³/mol. The van der Waals surface area contributed by atoms with Crippen LogP contribution in [0.2, 0.25) is 0 Å². The highest BCUT2D eigenvalue weighted by molar-refractivity contribution is 7.99. The van der Waals surface area contributed by atoms with Gasteiger partial charge in [0.15, 0.2) is 5.78 Å². The van der Waals surface area contributed by atoms with Gasteiger partial charge in [-0.2, -0.15) is 0 Å². The summed E-state index contributed by atoms with van der Waals surface area (Å²) >= 11 is 1.72. The van der Waals surface area contributed by atoms with Gasteiger partial charge in [0.2, 0.25) is 0 Å². The van der Waals surface area contributed by atoms with Gasteiger partial charge in [0.1, 0.15) is 0 Å². The lowest BCUT2D eigenvalue weighted by Gasteiger charge is -2.28. The van der Waals surface area contributed by atoms with E-state index in [0.29, 0.717) is 0 Å². The van der Waals surface area contributed by atoms with Crippen molar-refractivity contribution in [3.8, 4) is 0 Å². The smallest absolute Gasteiger partial charge is 0.181 e. The SMILES string of the molecule is CCN(CC)C(C)C(=O)c1cccc2c1Nc1ccccc1S2. The Kier molecular flexibility index (Phi) is 4.74. The van der Waals surface area contributed by atoms with Gasteiger partial charge >= 0.3 is 0 Å². The number of benzene rings is 2. The molecule has 1 unspecified atom stereocenters. The number of anilines is 2. The summed E-state index contributed by atoms with van der Waals surface area (Å²) in [5.74, 6) is 0.179. The maximum atomic E-state index is 13.0. The van der Waals surface area contributed by atoms with Gasteiger partial charge in [0, 0.05) is 15.4 Å². The zero-order chi connectivity index (χ0) is 16.4. The normalized spacial score (nSPS) is 13.9. The molecule has 23 heavy (non-hydrogen) atoms. The van der Waals surface area contributed by atoms with Crippen LogP contribution in [0, 0.1) is 0 Å². The number of carbonyl (C=O) groups is 1. The molecule has 120 valence electrons. The van der Waals surface area contributed by atoms with Crippen molar-refractivity contribution in [3.05, 3.63) is 48.0 Å². The van der Waals surface area contributed by atoms with E-state index in [1.54, 1.807) is 11.8 Å². The summed E-state index contributed by atoms with van der Waals surface area (Å²) in [7, 11) is 0. The van der Waals surface area contributed by atoms with E-state index >= 15 is 0 Å². The largest absolute Gasteiger partial charge is 0.353 e. The van der Waals surface area contributed by atoms with E-state index in [1.165, 1.54) is 4.90 Å². The summed E-state index contributed by atoms with van der Waals surface area (Å²) in [5, 5.41) is 3.46. The zero-order valence-corrected chi connectivity index (χ0v) is 14.6. The summed E-state index contributed by atoms with van der Waals surface area (Å²) < 4.78 is 0. The first-order chi connectivity index (χ1) is 11.2. The molecule has 0 fully saturated rings. The highest BCUT2D eigenvalue weighted by Gasteiger charge is 2.26. The number of Topliss-reactive ketones (excluding diaryl/α,β-unsaturated/α-hetero) is 1. The number of rotatable bonds is 5. The summed E-state index contributed by atoms with van der Waals surface area (Å²) in [6.07, 6.45) is 0. The Morgan fingerprint density at radius 2 is 1.78 bits per heavy atom. The van der Waals surface area contributed by atoms with Crippen LogP contribution in [0.1, 0.15) is 31.1 Å². The second-order valence-electron chi connectivity index (χ2n) is 5.66. The van der Waals surface area contributed by atoms with Gasteiger partial charge in [0.05, 0.1) is 17.4 Å². The Bertz CT molecular complexity index is 725. The van der Waals surface area contributed by atoms with E-state index < -0.39 is 0 Å². The molecule has 1 atom stereocenters. The molecule has 0 amide bonds. The molecular weight excluding hydrogens is 304 g/mol. The Balaban J connectivity index is 1.96. The third-order valence-electron chi connectivity index (χ3n) is 4.40. The summed E-state index contributed by atoms with van der Waals surface area (Å²) in [6.45, 7) is 7.95. The van der Waals surface area contributed by atoms with Crippen molar-refractivity contribution in [2.75, 3.05) is 18.4 Å². The highest BCUT2D eigenvalue weighted by atomic mass is 32.2. The number of hydrogen-bond donors (Lipinski definition) is 1. The van der Waals surface area contributed by atoms with Crippen LogP contribution in [0.4, 0.5) is 11.4 Å². The van der Waals surface area contributed by atoms with Gasteiger partial charge in [0.25, 0.3) is 0 Å². The lowest BCUT2D eigenvalue weighted by Crippen LogP contribution is -2.39. The standard InChI is InChI=1S/C19H22N2OS/c1-4-21(5-2)13(3)19(22)14-9-8-12-17-18(14)20-15-10-6-7-11-16(15)23-17/h6-13,20H,4-5H2,1-3H3. The Hall–Kier alpha value is -1.78. The maximum Gasteiger partial charge on any atom is 0.181 e. The van der Waals surface area contributed by atoms with Gasteiger partial charge in [-0.3, -0.25) is 9.69 Å². The number of likely N-dealkylation sites (N-methyl/N-ethyl adjacent to an activating group) is 1. The minimum absolute atomic E-state index is 0.111. The Morgan fingerprint density at radius 1 is 1.09 bits per heavy atom. The molecule has 1 N–H and O–H groups in total. The van der Waals surface area contributed by atoms with Crippen molar-refractivity contribution in [1.82, 2.24) is 4.90 Å². The van der Waals surface area contributed by atoms with E-state index in [9.17, 15) is 4.79 Å². The summed E-state index contributed by atoms with van der Waals surface area (Å²) in [6, 6.07) is 14.1. The van der Waals surface area contributed by atoms with E-state index in [1.807, 2.05) is 31.2 Å². The van der Waals surface area contributed by atoms with Crippen LogP contribution in [0.3, 0.4) is 0 Å². The molecule has 0 saturated carbocycles. The topological polar surface area (TPSA) is 32.3 Å². The molecule has 1 heterocycles. The Labute approximate surface area is 142 Å². The first kappa shape index (κ1) is 16.1. The monoisotopic (exact) mass is 326 g/mol. The van der Waals surface area contributed by atoms with Crippen LogP contribution in [0.25, 0.3) is 0 Å². The van der Waals surface area contributed by atoms with Crippen LogP contribution in [-0.4, -0.2) is 29.8 Å². The summed E-state index contributed by atoms with van der Waals surface area (Å²) in [4.78, 5) is 17.5. The van der Waals surface area contributed by atoms with E-state index in [2.05, 4.69) is 42.3 Å². The van der Waals surface area contributed by atoms with Gasteiger partial charge in [-0.1, -0.05) is 43.8 Å². The number of ketones is 1. The fraction of sp³-hybridized carbons (Fsp3) is 0.316. The van der Waals surface area contributed by atoms with Crippen molar-refractivity contribution >= 4 is 28.9 Å². The second-order valence-corrected chi connectivity index (χ2v) is 6.75. The average Bonchev–Trinajstić information content (AvgIpc) is 2.59. The average molecular weight is 326 g/mol. The third kappa shape index (κ3) is 3.01. The van der Waals surface area contributed by atoms with Gasteiger partial charge in [-0.05, 0) is 44.3 Å². The van der Waals surface area contributed by atoms with E-state index in [-0.39, 0.29) is 11.8 Å². The quantitative estimate of drug-likeness (QED) is 0.682. The van der Waals surface area contributed by atoms with Crippen molar-refractivity contribution in [2.45, 2.75) is 36.6 Å². The fourth-order valence-electron chi connectivity index (χ4n) is 3.02. The molecule has 0 spiro atoms. The number of carbonyl (C=O) groups excluding carboxylic acids is 1. The molecule has 4 heteroatoms. The molecule has 0 saturated heterocycles. The molecular formula is C19H22N2OS. The molecule has 1 aliphatic rings. The maximum absolute atomic E-state index is 13.0. The number of hydrogen-bond acceptors (Lipinski definition) is 4. The van der Waals surface area contributed by atoms with E-state index in [4.69, 9.17) is 0 Å². The lowest BCUT2D eigenvalue weighted by atomic mass is 10.0. The highest BCUT2D eigenvalue weighted by Crippen LogP contribution is 2.45. The molecule has 2 aromatic carbocycles. The van der Waals surface area contributed by atoms with Gasteiger partial charge in [-0.15, -0.1) is 0 Å². The van der Waals surface area contributed by atoms with Crippen molar-refractivity contribution < 1.29 is 4.79 Å². The number of para-hydroxylation sites is 2. The molecule has 1 aliphatic heterocycles. The minimum Gasteiger partial charge on any atom is -0.353 e. The molecule has 3 nitrogen and oxygen atoms in total. The van der Waals surface area contributed by atoms with Gasteiger partial charge in [-0.25, -0.2) is 0 Å². The van der Waals surface area contributed by atoms with Crippen LogP contribution in [0.15, 0.2) is 52.3 Å². The molecule has 0 bridgehead atoms. The molecule has 3 rings (SSSR count). The predicted octanol–water partition coefficient (Wildman–Crippen LogP) is 4.81. The first-order valence-electron chi connectivity index (χ1n) is 8.10. The van der Waals surface area contributed by atoms with Crippen molar-refractivity contribution in [1.29, 1.82) is 0 Å². The van der Waals surface area contributed by atoms with Crippen molar-refractivity contribution in [3.63, 3.8) is 0 Å². The molecule has 2 aromatic rings. The zero-order valence-electron chi connectivity index (χ0n) is 13.8. The molecule has 0 aliphatic carbocycles. The number of nitrogens with one attached hydrogen (secondary N) is 1. The van der Waals surface area contributed by atoms with Crippen LogP contribution >= 0.6 is 11.8 Å². The number of fused-ring (bicyclic) bond motifs is 2. The molecule has 0 aromatic heterocycles. The van der Waals surface area contributed by atoms with Crippen LogP contribution in [0.5, 0.6) is 0 Å². The van der Waals surface area contributed by atoms with E-state index in [0.717, 1.165) is 34.9 Å². The first-order valence-corrected chi connectivity index (χ1v) is 8.92. The minimum atomic E-state index is -0.111. The summed E-state index contributed by atoms with van der Waals surface area (Å²) in [5.41, 5.74) is 2.80. The van der Waals surface area contributed by atoms with Crippen LogP contribution in [-0.2, 0) is 0 Å². The Morgan fingerprint density at radius 3 is 2.52 bits per heavy atom. The number of nitrogens with zero attached hydrogens (tertiary/aromatic N) is 1. The van der Waals surface area contributed by atoms with Crippen molar-refractivity contribution in [2.24, 2.45) is 0 Å². The van der Waals surface area contributed by atoms with Gasteiger partial charge < -0.3 is 5.32 Å². The second kappa shape index (κ2) is 6.77. The molecule has 0 radical (unpaired) electrons. The van der Waals surface area contributed by atoms with Crippen LogP contribution < -0.4 is 5.32 Å².